The third-order valence-electron chi connectivity index (χ3n) is 4.33. The van der Waals surface area contributed by atoms with Gasteiger partial charge >= 0.3 is 11.9 Å². The molecule has 1 aromatic heterocycles. The first-order valence-electron chi connectivity index (χ1n) is 9.21. The second-order valence-electron chi connectivity index (χ2n) is 6.70. The van der Waals surface area contributed by atoms with Gasteiger partial charge in [0.1, 0.15) is 0 Å². The van der Waals surface area contributed by atoms with Crippen molar-refractivity contribution < 1.29 is 18.7 Å². The molecule has 150 valence electrons. The standard InChI is InChI=1S/C22H21F2N3O2/c1-3-4-10-19-25-21(22(2,23)24)26-27(19)14-15-11-12-17(18(13-15)20(28)29)16-8-6-5-7-9-16/h4-13H,3,14H2,1-2H3,(H,28,29)/b10-4+. The fourth-order valence-electron chi connectivity index (χ4n) is 2.91. The highest BCUT2D eigenvalue weighted by Crippen LogP contribution is 2.27. The molecule has 0 amide bonds. The molecule has 5 nitrogen and oxygen atoms in total. The smallest absolute Gasteiger partial charge is 0.336 e. The molecule has 3 rings (SSSR count). The number of halogens is 2. The molecule has 1 N–H and O–H groups in total. The molecule has 0 saturated heterocycles. The van der Waals surface area contributed by atoms with Crippen molar-refractivity contribution in [3.05, 3.63) is 77.4 Å². The van der Waals surface area contributed by atoms with Crippen LogP contribution in [-0.2, 0) is 12.5 Å². The number of carboxylic acids is 1. The number of nitrogens with zero attached hydrogens (tertiary/aromatic N) is 3. The summed E-state index contributed by atoms with van der Waals surface area (Å²) in [5, 5.41) is 13.6. The van der Waals surface area contributed by atoms with Gasteiger partial charge in [-0.05, 0) is 35.3 Å². The summed E-state index contributed by atoms with van der Waals surface area (Å²) in [6.45, 7) is 2.80. The molecule has 7 heteroatoms. The number of aromatic carboxylic acids is 1. The van der Waals surface area contributed by atoms with E-state index in [1.54, 1.807) is 30.4 Å². The van der Waals surface area contributed by atoms with Crippen LogP contribution < -0.4 is 0 Å². The fraction of sp³-hybridized carbons (Fsp3) is 0.227. The number of carboxylic acid groups (broad SMARTS) is 1. The molecule has 0 atom stereocenters. The van der Waals surface area contributed by atoms with Gasteiger partial charge in [-0.2, -0.15) is 8.78 Å². The highest BCUT2D eigenvalue weighted by molar-refractivity contribution is 5.96. The SMILES string of the molecule is CC/C=C/c1nc(C(C)(F)F)nn1Cc1ccc(-c2ccccc2)c(C(=O)O)c1. The Kier molecular flexibility index (Phi) is 5.87. The summed E-state index contributed by atoms with van der Waals surface area (Å²) in [4.78, 5) is 15.7. The Morgan fingerprint density at radius 1 is 1.21 bits per heavy atom. The van der Waals surface area contributed by atoms with Crippen LogP contribution in [-0.4, -0.2) is 25.8 Å². The van der Waals surface area contributed by atoms with Crippen molar-refractivity contribution in [2.24, 2.45) is 0 Å². The molecule has 29 heavy (non-hydrogen) atoms. The van der Waals surface area contributed by atoms with E-state index in [-0.39, 0.29) is 12.1 Å². The Bertz CT molecular complexity index is 1040. The minimum absolute atomic E-state index is 0.127. The van der Waals surface area contributed by atoms with Crippen molar-refractivity contribution in [1.29, 1.82) is 0 Å². The van der Waals surface area contributed by atoms with E-state index in [0.29, 0.717) is 17.0 Å². The van der Waals surface area contributed by atoms with Gasteiger partial charge in [0, 0.05) is 6.92 Å². The van der Waals surface area contributed by atoms with Gasteiger partial charge in [-0.15, -0.1) is 5.10 Å². The van der Waals surface area contributed by atoms with Crippen LogP contribution in [0.15, 0.2) is 54.6 Å². The van der Waals surface area contributed by atoms with Crippen molar-refractivity contribution in [2.45, 2.75) is 32.7 Å². The van der Waals surface area contributed by atoms with E-state index >= 15 is 0 Å². The number of benzene rings is 2. The third-order valence-corrected chi connectivity index (χ3v) is 4.33. The van der Waals surface area contributed by atoms with E-state index in [0.717, 1.165) is 18.9 Å². The number of rotatable bonds is 7. The van der Waals surface area contributed by atoms with Crippen molar-refractivity contribution in [3.8, 4) is 11.1 Å². The Labute approximate surface area is 167 Å². The van der Waals surface area contributed by atoms with E-state index in [9.17, 15) is 18.7 Å². The first-order valence-corrected chi connectivity index (χ1v) is 9.21. The highest BCUT2D eigenvalue weighted by Gasteiger charge is 2.30. The number of hydrogen-bond donors (Lipinski definition) is 1. The van der Waals surface area contributed by atoms with E-state index in [2.05, 4.69) is 10.1 Å². The Morgan fingerprint density at radius 3 is 2.55 bits per heavy atom. The molecule has 0 aliphatic rings. The van der Waals surface area contributed by atoms with Crippen LogP contribution >= 0.6 is 0 Å². The minimum atomic E-state index is -3.16. The predicted octanol–water partition coefficient (Wildman–Crippen LogP) is 5.23. The first kappa shape index (κ1) is 20.4. The molecule has 0 fully saturated rings. The number of alkyl halides is 2. The van der Waals surface area contributed by atoms with Crippen LogP contribution in [0.2, 0.25) is 0 Å². The summed E-state index contributed by atoms with van der Waals surface area (Å²) in [7, 11) is 0. The first-order chi connectivity index (χ1) is 13.8. The van der Waals surface area contributed by atoms with Gasteiger partial charge in [-0.25, -0.2) is 14.5 Å². The molecule has 0 spiro atoms. The summed E-state index contributed by atoms with van der Waals surface area (Å²) in [5.41, 5.74) is 2.15. The van der Waals surface area contributed by atoms with Gasteiger partial charge in [-0.1, -0.05) is 55.5 Å². The number of hydrogen-bond acceptors (Lipinski definition) is 3. The van der Waals surface area contributed by atoms with Gasteiger partial charge in [0.05, 0.1) is 12.1 Å². The molecule has 0 unspecified atom stereocenters. The van der Waals surface area contributed by atoms with Crippen molar-refractivity contribution in [2.75, 3.05) is 0 Å². The quantitative estimate of drug-likeness (QED) is 0.593. The molecule has 3 aromatic rings. The van der Waals surface area contributed by atoms with E-state index in [4.69, 9.17) is 0 Å². The molecule has 1 heterocycles. The Hall–Kier alpha value is -3.35. The predicted molar refractivity (Wildman–Crippen MR) is 107 cm³/mol. The fourth-order valence-corrected chi connectivity index (χ4v) is 2.91. The number of carbonyl (C=O) groups is 1. The van der Waals surface area contributed by atoms with E-state index in [1.807, 2.05) is 37.3 Å². The maximum absolute atomic E-state index is 13.7. The average Bonchev–Trinajstić information content (AvgIpc) is 3.10. The maximum Gasteiger partial charge on any atom is 0.336 e. The number of aromatic nitrogens is 3. The molecule has 0 bridgehead atoms. The monoisotopic (exact) mass is 397 g/mol. The zero-order chi connectivity index (χ0) is 21.0. The molecule has 0 aliphatic heterocycles. The molecule has 2 aromatic carbocycles. The Balaban J connectivity index is 2.00. The highest BCUT2D eigenvalue weighted by atomic mass is 19.3. The van der Waals surface area contributed by atoms with Gasteiger partial charge in [0.15, 0.2) is 5.82 Å². The summed E-state index contributed by atoms with van der Waals surface area (Å²) >= 11 is 0. The lowest BCUT2D eigenvalue weighted by Crippen LogP contribution is -2.11. The normalized spacial score (nSPS) is 11.9. The van der Waals surface area contributed by atoms with Gasteiger partial charge < -0.3 is 5.11 Å². The zero-order valence-electron chi connectivity index (χ0n) is 16.1. The molecular weight excluding hydrogens is 376 g/mol. The van der Waals surface area contributed by atoms with E-state index in [1.165, 1.54) is 4.68 Å². The van der Waals surface area contributed by atoms with Crippen molar-refractivity contribution >= 4 is 12.0 Å². The average molecular weight is 397 g/mol. The largest absolute Gasteiger partial charge is 0.478 e. The number of allylic oxidation sites excluding steroid dienone is 1. The van der Waals surface area contributed by atoms with Crippen LogP contribution in [0.25, 0.3) is 17.2 Å². The van der Waals surface area contributed by atoms with Crippen LogP contribution in [0.4, 0.5) is 8.78 Å². The topological polar surface area (TPSA) is 68.0 Å². The lowest BCUT2D eigenvalue weighted by atomic mass is 9.97. The van der Waals surface area contributed by atoms with Crippen LogP contribution in [0.5, 0.6) is 0 Å². The van der Waals surface area contributed by atoms with Crippen molar-refractivity contribution in [1.82, 2.24) is 14.8 Å². The van der Waals surface area contributed by atoms with Gasteiger partial charge in [0.25, 0.3) is 0 Å². The summed E-state index contributed by atoms with van der Waals surface area (Å²) in [5.74, 6) is -4.49. The molecule has 0 radical (unpaired) electrons. The lowest BCUT2D eigenvalue weighted by Gasteiger charge is -2.10. The minimum Gasteiger partial charge on any atom is -0.478 e. The molecular formula is C22H21F2N3O2. The molecule has 0 aliphatic carbocycles. The third kappa shape index (κ3) is 4.74. The molecule has 0 saturated carbocycles. The Morgan fingerprint density at radius 2 is 1.93 bits per heavy atom. The van der Waals surface area contributed by atoms with E-state index < -0.39 is 17.7 Å². The maximum atomic E-state index is 13.7. The van der Waals surface area contributed by atoms with Crippen molar-refractivity contribution in [3.63, 3.8) is 0 Å². The van der Waals surface area contributed by atoms with Gasteiger partial charge in [0.2, 0.25) is 5.82 Å². The summed E-state index contributed by atoms with van der Waals surface area (Å²) in [6, 6.07) is 14.2. The second kappa shape index (κ2) is 8.34. The summed E-state index contributed by atoms with van der Waals surface area (Å²) < 4.78 is 28.7. The second-order valence-corrected chi connectivity index (χ2v) is 6.70. The van der Waals surface area contributed by atoms with Gasteiger partial charge in [-0.3, -0.25) is 0 Å². The zero-order valence-corrected chi connectivity index (χ0v) is 16.1. The van der Waals surface area contributed by atoms with Crippen LogP contribution in [0.3, 0.4) is 0 Å². The summed E-state index contributed by atoms with van der Waals surface area (Å²) in [6.07, 6.45) is 4.16. The van der Waals surface area contributed by atoms with Crippen LogP contribution in [0.1, 0.15) is 47.8 Å². The lowest BCUT2D eigenvalue weighted by molar-refractivity contribution is 0.00758. The van der Waals surface area contributed by atoms with Crippen LogP contribution in [0, 0.1) is 0 Å².